The second-order valence-electron chi connectivity index (χ2n) is 23.2. The summed E-state index contributed by atoms with van der Waals surface area (Å²) in [7, 11) is 2.00. The third-order valence-corrected chi connectivity index (χ3v) is 18.6. The van der Waals surface area contributed by atoms with Crippen LogP contribution in [0.15, 0.2) is 62.8 Å². The molecule has 1 aromatic heterocycles. The molecule has 2 heterocycles. The number of carboxylic acids is 2. The van der Waals surface area contributed by atoms with Gasteiger partial charge in [0.1, 0.15) is 48.3 Å². The molecule has 2 aliphatic rings. The Hall–Kier alpha value is -10.2. The fourth-order valence-corrected chi connectivity index (χ4v) is 13.8. The molecular weight excluding hydrogens is 1330 g/mol. The lowest BCUT2D eigenvalue weighted by molar-refractivity contribution is -0.142. The summed E-state index contributed by atoms with van der Waals surface area (Å²) in [6.45, 7) is -1.80. The summed E-state index contributed by atoms with van der Waals surface area (Å²) < 4.78 is -1.30. The van der Waals surface area contributed by atoms with E-state index in [4.69, 9.17) is 51.6 Å². The van der Waals surface area contributed by atoms with Gasteiger partial charge in [0, 0.05) is 56.7 Å². The predicted octanol–water partition coefficient (Wildman–Crippen LogP) is -7.50. The molecular formula is C58H93N25O14S2. The number of nitrogens with one attached hydrogen (secondary N) is 11. The average molecular weight is 1430 g/mol. The van der Waals surface area contributed by atoms with Crippen LogP contribution in [0, 0.1) is 0 Å². The van der Waals surface area contributed by atoms with Crippen molar-refractivity contribution in [1.82, 2.24) is 63.1 Å². The number of H-pyrrole nitrogens is 1. The number of amides is 10. The first-order chi connectivity index (χ1) is 47.1. The van der Waals surface area contributed by atoms with Crippen LogP contribution in [0.2, 0.25) is 0 Å². The number of benzene rings is 1. The highest BCUT2D eigenvalue weighted by Gasteiger charge is 2.47. The lowest BCUT2D eigenvalue weighted by Gasteiger charge is -2.42. The molecule has 9 atom stereocenters. The lowest BCUT2D eigenvalue weighted by Crippen LogP contribution is -2.62. The zero-order valence-corrected chi connectivity index (χ0v) is 56.2. The van der Waals surface area contributed by atoms with Gasteiger partial charge < -0.3 is 120 Å². The van der Waals surface area contributed by atoms with E-state index in [0.717, 1.165) is 21.6 Å². The standard InChI is InChI=1S/C58H93N25O14S2/c59-33(13-7-19-69-54(60)61)45(88)83-44-52(95)74-28-42(85)76-38(24-32-26-68-30-75-32)49(92)78-34(14-8-20-70-55(62)63)46(89)73-27-41(84)77-39(25-43(86)87)50(93)81-37(23-31-11-3-1-4-12-31)48(91)79-35(15-9-21-71-56(64)65)47(90)82-40(29-98-99-58(44)17-5-2-6-18-58)51(94)80-36(53(96)97)16-10-22-72-57(66)67/h1,3-4,11-12,26,30,33-40,44H,2,5-10,13-25,27-29,59H2,(H,68,75)(H,73,89)(H,74,95)(H,76,85)(H,77,84)(H,78,92)(H,79,91)(H,80,94)(H,81,93)(H,82,90)(H,83,88)(H,86,87)(H,96,97)(H4,60,61,69)(H4,62,63,70)(H4,64,65,71)(H4,66,67,72)/t33-,34-,35-,36-,37-,38-,39-,40-,44?/m0/s1. The largest absolute Gasteiger partial charge is 0.481 e. The summed E-state index contributed by atoms with van der Waals surface area (Å²) in [4.78, 5) is 192. The smallest absolute Gasteiger partial charge is 0.326 e. The molecule has 1 aliphatic heterocycles. The third-order valence-electron chi connectivity index (χ3n) is 15.3. The monoisotopic (exact) mass is 1430 g/mol. The third kappa shape index (κ3) is 30.4. The summed E-state index contributed by atoms with van der Waals surface area (Å²) >= 11 is 0. The van der Waals surface area contributed by atoms with Gasteiger partial charge in [0.2, 0.25) is 59.1 Å². The summed E-state index contributed by atoms with van der Waals surface area (Å²) in [5.74, 6) is -14.6. The maximum atomic E-state index is 15.0. The number of aliphatic imine (C=N–C) groups is 4. The van der Waals surface area contributed by atoms with Crippen LogP contribution in [0.1, 0.15) is 101 Å². The van der Waals surface area contributed by atoms with Gasteiger partial charge in [0.15, 0.2) is 23.8 Å². The number of rotatable bonds is 27. The number of guanidine groups is 4. The molecule has 31 N–H and O–H groups in total. The maximum Gasteiger partial charge on any atom is 0.326 e. The molecule has 1 saturated heterocycles. The van der Waals surface area contributed by atoms with Crippen LogP contribution < -0.4 is 105 Å². The Morgan fingerprint density at radius 2 is 1.09 bits per heavy atom. The molecule has 99 heavy (non-hydrogen) atoms. The van der Waals surface area contributed by atoms with Gasteiger partial charge in [-0.1, -0.05) is 71.2 Å². The van der Waals surface area contributed by atoms with E-state index >= 15 is 0 Å². The highest BCUT2D eigenvalue weighted by molar-refractivity contribution is 8.77. The van der Waals surface area contributed by atoms with Crippen molar-refractivity contribution in [2.75, 3.05) is 45.0 Å². The molecule has 0 radical (unpaired) electrons. The fraction of sp³-hybridized carbons (Fsp3) is 0.569. The number of carbonyl (C=O) groups is 12. The van der Waals surface area contributed by atoms with Crippen LogP contribution >= 0.6 is 21.6 Å². The molecule has 10 amide bonds. The Morgan fingerprint density at radius 1 is 0.596 bits per heavy atom. The molecule has 1 aromatic carbocycles. The highest BCUT2D eigenvalue weighted by Crippen LogP contribution is 2.48. The Labute approximate surface area is 577 Å². The minimum Gasteiger partial charge on any atom is -0.481 e. The van der Waals surface area contributed by atoms with Gasteiger partial charge in [0.25, 0.3) is 0 Å². The first-order valence-corrected chi connectivity index (χ1v) is 34.1. The Kier molecular flexibility index (Phi) is 34.9. The van der Waals surface area contributed by atoms with Crippen LogP contribution in [-0.2, 0) is 70.4 Å². The number of aliphatic carboxylic acids is 2. The zero-order chi connectivity index (χ0) is 73.0. The SMILES string of the molecule is NC(N)=NCCC[C@H](NC(=O)[C@@H]1CSSC2(CCCCC2)C(NC(=O)[C@@H](N)CCCN=C(N)N)C(=O)NCC(=O)N[C@@H](Cc2cnc[nH]2)C(=O)N[C@@H](CCCN=C(N)N)C(=O)NCC(=O)N[C@@H](CC(=O)O)C(=O)N[C@@H](Cc2ccccc2)C(=O)N[C@@H](CCCN=C(N)N)C(=O)N1)C(=O)O. The molecule has 0 bridgehead atoms. The predicted molar refractivity (Wildman–Crippen MR) is 367 cm³/mol. The van der Waals surface area contributed by atoms with E-state index in [1.165, 1.54) is 12.5 Å². The number of nitrogens with zero attached hydrogens (tertiary/aromatic N) is 5. The molecule has 546 valence electrons. The van der Waals surface area contributed by atoms with Gasteiger partial charge in [-0.15, -0.1) is 0 Å². The van der Waals surface area contributed by atoms with Crippen LogP contribution in [0.25, 0.3) is 0 Å². The topological polar surface area (TPSA) is 678 Å². The fourth-order valence-electron chi connectivity index (χ4n) is 10.3. The highest BCUT2D eigenvalue weighted by atomic mass is 33.1. The molecule has 1 unspecified atom stereocenters. The number of nitrogens with two attached hydrogens (primary N) is 9. The van der Waals surface area contributed by atoms with Crippen molar-refractivity contribution in [1.29, 1.82) is 0 Å². The van der Waals surface area contributed by atoms with E-state index in [9.17, 15) is 67.7 Å². The second kappa shape index (κ2) is 42.5. The van der Waals surface area contributed by atoms with Crippen molar-refractivity contribution in [3.8, 4) is 0 Å². The van der Waals surface area contributed by atoms with Gasteiger partial charge in [0.05, 0.1) is 36.6 Å². The molecule has 1 spiro atoms. The van der Waals surface area contributed by atoms with Crippen LogP contribution in [0.3, 0.4) is 0 Å². The van der Waals surface area contributed by atoms with E-state index in [1.54, 1.807) is 30.3 Å². The van der Waals surface area contributed by atoms with Crippen molar-refractivity contribution < 1.29 is 67.7 Å². The van der Waals surface area contributed by atoms with E-state index in [-0.39, 0.29) is 127 Å². The number of carbonyl (C=O) groups excluding carboxylic acids is 10. The van der Waals surface area contributed by atoms with Crippen molar-refractivity contribution in [3.63, 3.8) is 0 Å². The maximum absolute atomic E-state index is 15.0. The Balaban J connectivity index is 1.93. The van der Waals surface area contributed by atoms with Crippen molar-refractivity contribution >= 4 is 116 Å². The number of aromatic nitrogens is 2. The zero-order valence-electron chi connectivity index (χ0n) is 54.5. The number of imidazole rings is 1. The minimum absolute atomic E-state index is 0.0102. The summed E-state index contributed by atoms with van der Waals surface area (Å²) in [6, 6.07) is -6.12. The van der Waals surface area contributed by atoms with Gasteiger partial charge in [-0.2, -0.15) is 0 Å². The van der Waals surface area contributed by atoms with E-state index in [0.29, 0.717) is 30.5 Å². The number of hydrogen-bond donors (Lipinski definition) is 22. The first kappa shape index (κ1) is 81.2. The van der Waals surface area contributed by atoms with E-state index in [1.807, 2.05) is 0 Å². The van der Waals surface area contributed by atoms with Gasteiger partial charge in [-0.25, -0.2) is 9.78 Å². The van der Waals surface area contributed by atoms with E-state index in [2.05, 4.69) is 83.1 Å². The second-order valence-corrected chi connectivity index (χ2v) is 26.0. The molecule has 2 fully saturated rings. The normalized spacial score (nSPS) is 21.6. The van der Waals surface area contributed by atoms with Crippen molar-refractivity contribution in [2.24, 2.45) is 71.6 Å². The quantitative estimate of drug-likeness (QED) is 0.0171. The van der Waals surface area contributed by atoms with Crippen LogP contribution in [0.5, 0.6) is 0 Å². The van der Waals surface area contributed by atoms with Crippen molar-refractivity contribution in [2.45, 2.75) is 162 Å². The van der Waals surface area contributed by atoms with Gasteiger partial charge in [-0.3, -0.25) is 72.7 Å². The number of aromatic amines is 1. The molecule has 39 nitrogen and oxygen atoms in total. The molecule has 1 aliphatic carbocycles. The Morgan fingerprint density at radius 3 is 1.63 bits per heavy atom. The van der Waals surface area contributed by atoms with Crippen LogP contribution in [0.4, 0.5) is 0 Å². The van der Waals surface area contributed by atoms with Crippen LogP contribution in [-0.4, -0.2) is 219 Å². The molecule has 4 rings (SSSR count). The first-order valence-electron chi connectivity index (χ1n) is 31.8. The summed E-state index contributed by atoms with van der Waals surface area (Å²) in [5, 5.41) is 45.7. The number of carboxylic acid groups (broad SMARTS) is 2. The average Bonchev–Trinajstić information content (AvgIpc) is 1.70. The number of hydrogen-bond acceptors (Lipinski definition) is 20. The summed E-state index contributed by atoms with van der Waals surface area (Å²) in [6.07, 6.45) is 2.82. The molecule has 2 aromatic rings. The lowest BCUT2D eigenvalue weighted by atomic mass is 9.82. The van der Waals surface area contributed by atoms with Gasteiger partial charge in [-0.05, 0) is 69.8 Å². The van der Waals surface area contributed by atoms with Crippen molar-refractivity contribution in [3.05, 3.63) is 54.1 Å². The molecule has 41 heteroatoms. The minimum atomic E-state index is -1.93. The summed E-state index contributed by atoms with van der Waals surface area (Å²) in [5.41, 5.74) is 51.4. The van der Waals surface area contributed by atoms with E-state index < -0.39 is 155 Å². The van der Waals surface area contributed by atoms with Gasteiger partial charge >= 0.3 is 11.9 Å². The molecule has 1 saturated carbocycles. The Bertz CT molecular complexity index is 3180.